The van der Waals surface area contributed by atoms with Gasteiger partial charge < -0.3 is 9.30 Å². The number of rotatable bonds is 5. The lowest BCUT2D eigenvalue weighted by atomic mass is 10.1. The second kappa shape index (κ2) is 6.97. The van der Waals surface area contributed by atoms with Gasteiger partial charge in [0.15, 0.2) is 0 Å². The van der Waals surface area contributed by atoms with Crippen LogP contribution in [0.25, 0.3) is 11.3 Å². The third-order valence-corrected chi connectivity index (χ3v) is 3.70. The van der Waals surface area contributed by atoms with Gasteiger partial charge in [-0.25, -0.2) is 4.79 Å². The highest BCUT2D eigenvalue weighted by Gasteiger charge is 2.18. The molecule has 0 spiro atoms. The molecule has 0 N–H and O–H groups in total. The molecule has 0 atom stereocenters. The quantitative estimate of drug-likeness (QED) is 0.655. The summed E-state index contributed by atoms with van der Waals surface area (Å²) >= 11 is 0. The summed E-state index contributed by atoms with van der Waals surface area (Å²) < 4.78 is 7.30. The lowest BCUT2D eigenvalue weighted by Gasteiger charge is -2.12. The van der Waals surface area contributed by atoms with Crippen molar-refractivity contribution in [3.8, 4) is 11.3 Å². The summed E-state index contributed by atoms with van der Waals surface area (Å²) in [5.74, 6) is -0.279. The van der Waals surface area contributed by atoms with Crippen molar-refractivity contribution in [3.05, 3.63) is 84.1 Å². The Balaban J connectivity index is 2.04. The third kappa shape index (κ3) is 3.34. The first kappa shape index (κ1) is 15.1. The second-order valence-electron chi connectivity index (χ2n) is 5.28. The van der Waals surface area contributed by atoms with Gasteiger partial charge in [-0.3, -0.25) is 0 Å². The molecule has 0 amide bonds. The fourth-order valence-corrected chi connectivity index (χ4v) is 2.68. The number of carbonyl (C=O) groups is 1. The summed E-state index contributed by atoms with van der Waals surface area (Å²) in [5, 5.41) is 0. The van der Waals surface area contributed by atoms with Crippen LogP contribution in [0.5, 0.6) is 0 Å². The average Bonchev–Trinajstić information content (AvgIpc) is 3.00. The van der Waals surface area contributed by atoms with Crippen LogP contribution in [0.15, 0.2) is 72.9 Å². The lowest BCUT2D eigenvalue weighted by molar-refractivity contribution is 0.0527. The van der Waals surface area contributed by atoms with E-state index in [9.17, 15) is 4.79 Å². The fourth-order valence-electron chi connectivity index (χ4n) is 2.68. The van der Waals surface area contributed by atoms with E-state index >= 15 is 0 Å². The van der Waals surface area contributed by atoms with Crippen LogP contribution < -0.4 is 0 Å². The predicted octanol–water partition coefficient (Wildman–Crippen LogP) is 4.38. The molecule has 3 nitrogen and oxygen atoms in total. The summed E-state index contributed by atoms with van der Waals surface area (Å²) in [6.07, 6.45) is 1.95. The summed E-state index contributed by atoms with van der Waals surface area (Å²) in [6, 6.07) is 22.0. The number of carbonyl (C=O) groups excluding carboxylic acids is 1. The second-order valence-corrected chi connectivity index (χ2v) is 5.28. The van der Waals surface area contributed by atoms with Crippen molar-refractivity contribution in [3.63, 3.8) is 0 Å². The molecule has 1 aromatic heterocycles. The highest BCUT2D eigenvalue weighted by Crippen LogP contribution is 2.26. The smallest absolute Gasteiger partial charge is 0.340 e. The topological polar surface area (TPSA) is 31.2 Å². The molecule has 0 unspecified atom stereocenters. The Kier molecular flexibility index (Phi) is 4.57. The van der Waals surface area contributed by atoms with E-state index in [1.165, 1.54) is 5.56 Å². The van der Waals surface area contributed by atoms with E-state index in [-0.39, 0.29) is 5.97 Å². The van der Waals surface area contributed by atoms with Gasteiger partial charge in [0.05, 0.1) is 17.9 Å². The van der Waals surface area contributed by atoms with Crippen molar-refractivity contribution < 1.29 is 9.53 Å². The van der Waals surface area contributed by atoms with Gasteiger partial charge in [-0.2, -0.15) is 0 Å². The third-order valence-electron chi connectivity index (χ3n) is 3.70. The number of ether oxygens (including phenoxy) is 1. The van der Waals surface area contributed by atoms with E-state index < -0.39 is 0 Å². The summed E-state index contributed by atoms with van der Waals surface area (Å²) in [7, 11) is 0. The van der Waals surface area contributed by atoms with Crippen molar-refractivity contribution in [1.29, 1.82) is 0 Å². The maximum atomic E-state index is 12.3. The first-order chi connectivity index (χ1) is 11.3. The highest BCUT2D eigenvalue weighted by molar-refractivity contribution is 5.96. The molecule has 0 saturated heterocycles. The molecule has 0 bridgehead atoms. The Bertz CT molecular complexity index is 776. The van der Waals surface area contributed by atoms with Gasteiger partial charge in [0.2, 0.25) is 0 Å². The van der Waals surface area contributed by atoms with Gasteiger partial charge in [0, 0.05) is 12.7 Å². The number of nitrogens with zero attached hydrogens (tertiary/aromatic N) is 1. The van der Waals surface area contributed by atoms with E-state index in [1.54, 1.807) is 0 Å². The molecule has 0 aliphatic carbocycles. The molecule has 0 saturated carbocycles. The number of benzene rings is 2. The Morgan fingerprint density at radius 3 is 2.26 bits per heavy atom. The molecule has 1 heterocycles. The largest absolute Gasteiger partial charge is 0.462 e. The molecule has 3 rings (SSSR count). The zero-order chi connectivity index (χ0) is 16.1. The Morgan fingerprint density at radius 2 is 1.61 bits per heavy atom. The van der Waals surface area contributed by atoms with Crippen LogP contribution in [0, 0.1) is 0 Å². The average molecular weight is 305 g/mol. The Hall–Kier alpha value is -2.81. The molecule has 3 aromatic rings. The summed E-state index contributed by atoms with van der Waals surface area (Å²) in [6.45, 7) is 2.91. The number of hydrogen-bond acceptors (Lipinski definition) is 2. The van der Waals surface area contributed by atoms with Crippen molar-refractivity contribution in [2.45, 2.75) is 13.5 Å². The van der Waals surface area contributed by atoms with Gasteiger partial charge in [-0.15, -0.1) is 0 Å². The standard InChI is InChI=1S/C20H19NO2/c1-2-23-20(22)18-13-14-21(15-16-9-5-3-6-10-16)19(18)17-11-7-4-8-12-17/h3-14H,2,15H2,1H3. The molecule has 2 aromatic carbocycles. The van der Waals surface area contributed by atoms with Gasteiger partial charge >= 0.3 is 5.97 Å². The Labute approximate surface area is 136 Å². The van der Waals surface area contributed by atoms with E-state index in [1.807, 2.05) is 67.7 Å². The monoisotopic (exact) mass is 305 g/mol. The van der Waals surface area contributed by atoms with Gasteiger partial charge in [-0.1, -0.05) is 60.7 Å². The molecule has 116 valence electrons. The van der Waals surface area contributed by atoms with Crippen LogP contribution in [0.3, 0.4) is 0 Å². The van der Waals surface area contributed by atoms with Crippen molar-refractivity contribution in [2.24, 2.45) is 0 Å². The number of esters is 1. The molecule has 0 fully saturated rings. The van der Waals surface area contributed by atoms with Gasteiger partial charge in [0.1, 0.15) is 0 Å². The van der Waals surface area contributed by atoms with Gasteiger partial charge in [-0.05, 0) is 24.1 Å². The minimum Gasteiger partial charge on any atom is -0.462 e. The highest BCUT2D eigenvalue weighted by atomic mass is 16.5. The van der Waals surface area contributed by atoms with Crippen LogP contribution >= 0.6 is 0 Å². The van der Waals surface area contributed by atoms with E-state index in [2.05, 4.69) is 16.7 Å². The van der Waals surface area contributed by atoms with E-state index in [0.717, 1.165) is 11.3 Å². The lowest BCUT2D eigenvalue weighted by Crippen LogP contribution is -2.08. The fraction of sp³-hybridized carbons (Fsp3) is 0.150. The number of aromatic nitrogens is 1. The molecule has 0 radical (unpaired) electrons. The molecule has 0 aliphatic heterocycles. The van der Waals surface area contributed by atoms with Crippen LogP contribution in [0.1, 0.15) is 22.8 Å². The van der Waals surface area contributed by atoms with Crippen LogP contribution in [0.4, 0.5) is 0 Å². The molecular formula is C20H19NO2. The molecule has 23 heavy (non-hydrogen) atoms. The number of hydrogen-bond donors (Lipinski definition) is 0. The minimum absolute atomic E-state index is 0.279. The van der Waals surface area contributed by atoms with Crippen molar-refractivity contribution >= 4 is 5.97 Å². The van der Waals surface area contributed by atoms with Gasteiger partial charge in [0.25, 0.3) is 0 Å². The van der Waals surface area contributed by atoms with Crippen molar-refractivity contribution in [2.75, 3.05) is 6.61 Å². The molecule has 3 heteroatoms. The first-order valence-corrected chi connectivity index (χ1v) is 7.75. The first-order valence-electron chi connectivity index (χ1n) is 7.75. The zero-order valence-corrected chi connectivity index (χ0v) is 13.1. The maximum Gasteiger partial charge on any atom is 0.340 e. The minimum atomic E-state index is -0.279. The molecular weight excluding hydrogens is 286 g/mol. The normalized spacial score (nSPS) is 10.5. The van der Waals surface area contributed by atoms with Crippen LogP contribution in [-0.2, 0) is 11.3 Å². The van der Waals surface area contributed by atoms with Crippen LogP contribution in [0.2, 0.25) is 0 Å². The SMILES string of the molecule is CCOC(=O)c1ccn(Cc2ccccc2)c1-c1ccccc1. The zero-order valence-electron chi connectivity index (χ0n) is 13.1. The van der Waals surface area contributed by atoms with E-state index in [4.69, 9.17) is 4.74 Å². The summed E-state index contributed by atoms with van der Waals surface area (Å²) in [5.41, 5.74) is 3.70. The van der Waals surface area contributed by atoms with E-state index in [0.29, 0.717) is 18.7 Å². The predicted molar refractivity (Wildman–Crippen MR) is 91.4 cm³/mol. The van der Waals surface area contributed by atoms with Crippen molar-refractivity contribution in [1.82, 2.24) is 4.57 Å². The van der Waals surface area contributed by atoms with Crippen LogP contribution in [-0.4, -0.2) is 17.1 Å². The molecule has 0 aliphatic rings. The summed E-state index contributed by atoms with van der Waals surface area (Å²) in [4.78, 5) is 12.3. The maximum absolute atomic E-state index is 12.3. The Morgan fingerprint density at radius 1 is 0.957 bits per heavy atom.